The topological polar surface area (TPSA) is 89.9 Å². The highest BCUT2D eigenvalue weighted by Gasteiger charge is 2.38. The van der Waals surface area contributed by atoms with Crippen LogP contribution >= 0.6 is 0 Å². The second-order valence-electron chi connectivity index (χ2n) is 8.12. The van der Waals surface area contributed by atoms with Gasteiger partial charge in [0.1, 0.15) is 5.82 Å². The number of methoxy groups -OCH3 is 1. The van der Waals surface area contributed by atoms with Gasteiger partial charge in [0.25, 0.3) is 0 Å². The summed E-state index contributed by atoms with van der Waals surface area (Å²) in [7, 11) is 1.36. The zero-order chi connectivity index (χ0) is 20.7. The van der Waals surface area contributed by atoms with Gasteiger partial charge in [-0.2, -0.15) is 9.97 Å². The lowest BCUT2D eigenvalue weighted by molar-refractivity contribution is 0.0250. The van der Waals surface area contributed by atoms with Gasteiger partial charge >= 0.3 is 5.97 Å². The molecule has 0 unspecified atom stereocenters. The number of esters is 1. The maximum atomic E-state index is 12.0. The zero-order valence-corrected chi connectivity index (χ0v) is 17.4. The number of nitrogens with zero attached hydrogens (tertiary/aromatic N) is 5. The number of carbonyl (C=O) groups excluding carboxylic acids is 1. The van der Waals surface area contributed by atoms with E-state index in [1.165, 1.54) is 7.11 Å². The minimum Gasteiger partial charge on any atom is -0.464 e. The third-order valence-corrected chi connectivity index (χ3v) is 6.30. The highest BCUT2D eigenvalue weighted by Crippen LogP contribution is 2.34. The van der Waals surface area contributed by atoms with Gasteiger partial charge < -0.3 is 24.0 Å². The molecule has 0 radical (unpaired) electrons. The molecular formula is C21H27N5O4. The minimum absolute atomic E-state index is 0.189. The monoisotopic (exact) mass is 413 g/mol. The molecule has 0 aromatic carbocycles. The first-order valence-electron chi connectivity index (χ1n) is 10.7. The maximum absolute atomic E-state index is 12.0. The highest BCUT2D eigenvalue weighted by molar-refractivity contribution is 5.94. The number of morpholine rings is 2. The Morgan fingerprint density at radius 2 is 2.00 bits per heavy atom. The predicted octanol–water partition coefficient (Wildman–Crippen LogP) is 1.79. The number of aromatic nitrogens is 3. The maximum Gasteiger partial charge on any atom is 0.356 e. The van der Waals surface area contributed by atoms with Gasteiger partial charge in [-0.3, -0.25) is 0 Å². The molecule has 3 aliphatic rings. The molecule has 0 amide bonds. The van der Waals surface area contributed by atoms with Crippen molar-refractivity contribution in [2.24, 2.45) is 0 Å². The van der Waals surface area contributed by atoms with Gasteiger partial charge in [0.2, 0.25) is 5.95 Å². The summed E-state index contributed by atoms with van der Waals surface area (Å²) in [4.78, 5) is 30.9. The van der Waals surface area contributed by atoms with Crippen molar-refractivity contribution in [3.63, 3.8) is 0 Å². The first-order chi connectivity index (χ1) is 14.7. The van der Waals surface area contributed by atoms with E-state index in [1.54, 1.807) is 6.07 Å². The summed E-state index contributed by atoms with van der Waals surface area (Å²) in [5.41, 5.74) is 0.758. The van der Waals surface area contributed by atoms with Crippen LogP contribution in [0.2, 0.25) is 0 Å². The van der Waals surface area contributed by atoms with E-state index in [-0.39, 0.29) is 23.9 Å². The zero-order valence-electron chi connectivity index (χ0n) is 17.4. The largest absolute Gasteiger partial charge is 0.464 e. The average Bonchev–Trinajstić information content (AvgIpc) is 3.27. The molecule has 160 valence electrons. The Morgan fingerprint density at radius 1 is 1.13 bits per heavy atom. The number of pyridine rings is 1. The van der Waals surface area contributed by atoms with Gasteiger partial charge in [0.05, 0.1) is 50.5 Å². The fourth-order valence-electron chi connectivity index (χ4n) is 4.76. The van der Waals surface area contributed by atoms with Crippen LogP contribution in [0.1, 0.15) is 36.7 Å². The molecule has 2 aliphatic heterocycles. The average molecular weight is 413 g/mol. The summed E-state index contributed by atoms with van der Waals surface area (Å²) in [6.07, 6.45) is 3.54. The Hall–Kier alpha value is -2.52. The fraction of sp³-hybridized carbons (Fsp3) is 0.619. The van der Waals surface area contributed by atoms with Crippen molar-refractivity contribution in [2.75, 3.05) is 49.8 Å². The van der Waals surface area contributed by atoms with Crippen molar-refractivity contribution in [3.8, 4) is 0 Å². The lowest BCUT2D eigenvalue weighted by Gasteiger charge is -2.39. The van der Waals surface area contributed by atoms with Crippen LogP contribution in [-0.4, -0.2) is 79.1 Å². The summed E-state index contributed by atoms with van der Waals surface area (Å²) >= 11 is 0. The van der Waals surface area contributed by atoms with E-state index in [2.05, 4.69) is 21.7 Å². The number of carbonyl (C=O) groups is 1. The minimum atomic E-state index is -0.472. The Morgan fingerprint density at radius 3 is 2.83 bits per heavy atom. The molecule has 2 aromatic heterocycles. The van der Waals surface area contributed by atoms with Crippen LogP contribution in [0, 0.1) is 0 Å². The van der Waals surface area contributed by atoms with Gasteiger partial charge in [0.15, 0.2) is 11.3 Å². The van der Waals surface area contributed by atoms with E-state index in [4.69, 9.17) is 24.2 Å². The second kappa shape index (κ2) is 7.96. The van der Waals surface area contributed by atoms with Crippen molar-refractivity contribution < 1.29 is 19.0 Å². The van der Waals surface area contributed by atoms with E-state index >= 15 is 0 Å². The molecular weight excluding hydrogens is 386 g/mol. The SMILES string of the molecule is COC(=O)c1ccc2c(N3CCOC[C@@H]3C)nc(N3CCO[C@@H]4CCC[C@@H]43)nc2n1. The Labute approximate surface area is 175 Å². The molecule has 5 rings (SSSR count). The molecule has 4 heterocycles. The molecule has 0 spiro atoms. The fourth-order valence-corrected chi connectivity index (χ4v) is 4.76. The number of rotatable bonds is 3. The van der Waals surface area contributed by atoms with E-state index in [0.717, 1.165) is 43.6 Å². The molecule has 9 nitrogen and oxygen atoms in total. The molecule has 1 saturated carbocycles. The molecule has 0 bridgehead atoms. The normalized spacial score (nSPS) is 26.7. The van der Waals surface area contributed by atoms with E-state index < -0.39 is 5.97 Å². The van der Waals surface area contributed by atoms with Gasteiger partial charge in [-0.15, -0.1) is 0 Å². The Bertz CT molecular complexity index is 954. The third kappa shape index (κ3) is 3.35. The first-order valence-corrected chi connectivity index (χ1v) is 10.7. The number of hydrogen-bond acceptors (Lipinski definition) is 9. The number of fused-ring (bicyclic) bond motifs is 2. The lowest BCUT2D eigenvalue weighted by Crippen LogP contribution is -2.49. The molecule has 30 heavy (non-hydrogen) atoms. The molecule has 1 aliphatic carbocycles. The van der Waals surface area contributed by atoms with Gasteiger partial charge in [-0.1, -0.05) is 0 Å². The van der Waals surface area contributed by atoms with Crippen molar-refractivity contribution in [1.82, 2.24) is 15.0 Å². The van der Waals surface area contributed by atoms with E-state index in [9.17, 15) is 4.79 Å². The molecule has 3 fully saturated rings. The van der Waals surface area contributed by atoms with Crippen molar-refractivity contribution in [2.45, 2.75) is 44.4 Å². The Kier molecular flexibility index (Phi) is 5.16. The van der Waals surface area contributed by atoms with Gasteiger partial charge in [0, 0.05) is 13.1 Å². The van der Waals surface area contributed by atoms with Crippen LogP contribution in [-0.2, 0) is 14.2 Å². The van der Waals surface area contributed by atoms with Crippen LogP contribution in [0.3, 0.4) is 0 Å². The van der Waals surface area contributed by atoms with Crippen LogP contribution < -0.4 is 9.80 Å². The molecule has 2 saturated heterocycles. The smallest absolute Gasteiger partial charge is 0.356 e. The summed E-state index contributed by atoms with van der Waals surface area (Å²) < 4.78 is 16.4. The van der Waals surface area contributed by atoms with Crippen LogP contribution in [0.25, 0.3) is 11.0 Å². The molecule has 0 N–H and O–H groups in total. The number of anilines is 2. The van der Waals surface area contributed by atoms with Gasteiger partial charge in [-0.25, -0.2) is 9.78 Å². The Balaban J connectivity index is 1.63. The van der Waals surface area contributed by atoms with Gasteiger partial charge in [-0.05, 0) is 38.3 Å². The quantitative estimate of drug-likeness (QED) is 0.699. The molecule has 9 heteroatoms. The summed E-state index contributed by atoms with van der Waals surface area (Å²) in [5, 5.41) is 0.830. The first kappa shape index (κ1) is 19.4. The highest BCUT2D eigenvalue weighted by atomic mass is 16.5. The third-order valence-electron chi connectivity index (χ3n) is 6.30. The molecule has 3 atom stereocenters. The summed E-state index contributed by atoms with van der Waals surface area (Å²) in [6, 6.07) is 4.02. The van der Waals surface area contributed by atoms with E-state index in [1.807, 2.05) is 6.07 Å². The second-order valence-corrected chi connectivity index (χ2v) is 8.12. The predicted molar refractivity (Wildman–Crippen MR) is 111 cm³/mol. The number of hydrogen-bond donors (Lipinski definition) is 0. The summed E-state index contributed by atoms with van der Waals surface area (Å²) in [6.45, 7) is 5.60. The van der Waals surface area contributed by atoms with E-state index in [0.29, 0.717) is 31.4 Å². The van der Waals surface area contributed by atoms with Crippen LogP contribution in [0.4, 0.5) is 11.8 Å². The van der Waals surface area contributed by atoms with Crippen molar-refractivity contribution in [3.05, 3.63) is 17.8 Å². The summed E-state index contributed by atoms with van der Waals surface area (Å²) in [5.74, 6) is 1.03. The van der Waals surface area contributed by atoms with Crippen molar-refractivity contribution >= 4 is 28.8 Å². The number of ether oxygens (including phenoxy) is 3. The van der Waals surface area contributed by atoms with Crippen molar-refractivity contribution in [1.29, 1.82) is 0 Å². The van der Waals surface area contributed by atoms with Crippen LogP contribution in [0.15, 0.2) is 12.1 Å². The lowest BCUT2D eigenvalue weighted by atomic mass is 10.1. The molecule has 2 aromatic rings. The van der Waals surface area contributed by atoms with Crippen LogP contribution in [0.5, 0.6) is 0 Å². The standard InChI is InChI=1S/C21H27N5O4/c1-13-12-29-10-8-25(13)19-14-6-7-15(20(27)28-2)22-18(14)23-21(24-19)26-9-11-30-17-5-3-4-16(17)26/h6-7,13,16-17H,3-5,8-12H2,1-2H3/t13-,16-,17+/m0/s1.